The highest BCUT2D eigenvalue weighted by molar-refractivity contribution is 5.90. The molecule has 0 radical (unpaired) electrons. The summed E-state index contributed by atoms with van der Waals surface area (Å²) in [5, 5.41) is 14.6. The number of nitrogens with one attached hydrogen (secondary N) is 1. The van der Waals surface area contributed by atoms with E-state index in [1.165, 1.54) is 0 Å². The van der Waals surface area contributed by atoms with E-state index < -0.39 is 30.3 Å². The summed E-state index contributed by atoms with van der Waals surface area (Å²) >= 11 is 0. The molecule has 9 nitrogen and oxygen atoms in total. The molecule has 224 valence electrons. The van der Waals surface area contributed by atoms with E-state index in [9.17, 15) is 19.5 Å². The number of carbonyl (C=O) groups excluding carboxylic acids is 3. The maximum Gasteiger partial charge on any atom is 0.407 e. The Bertz CT molecular complexity index is 1210. The molecule has 0 spiro atoms. The van der Waals surface area contributed by atoms with Gasteiger partial charge in [0.2, 0.25) is 0 Å². The van der Waals surface area contributed by atoms with Crippen molar-refractivity contribution >= 4 is 18.0 Å². The molecule has 1 unspecified atom stereocenters. The van der Waals surface area contributed by atoms with Crippen LogP contribution in [0.15, 0.2) is 91.0 Å². The summed E-state index contributed by atoms with van der Waals surface area (Å²) in [4.78, 5) is 44.1. The normalized spacial score (nSPS) is 12.1. The number of nitrogens with zero attached hydrogens (tertiary/aromatic N) is 1. The number of amides is 2. The molecule has 0 aliphatic rings. The first-order valence-corrected chi connectivity index (χ1v) is 14.3. The first-order chi connectivity index (χ1) is 20.5. The number of hydrogen-bond acceptors (Lipinski definition) is 7. The second-order valence-electron chi connectivity index (χ2n) is 9.84. The van der Waals surface area contributed by atoms with Crippen molar-refractivity contribution in [2.24, 2.45) is 0 Å². The van der Waals surface area contributed by atoms with Crippen LogP contribution in [0, 0.1) is 0 Å². The Hall–Kier alpha value is -4.21. The molecule has 0 fully saturated rings. The third kappa shape index (κ3) is 11.7. The van der Waals surface area contributed by atoms with Crippen LogP contribution in [0.4, 0.5) is 4.79 Å². The molecule has 0 saturated carbocycles. The van der Waals surface area contributed by atoms with Crippen molar-refractivity contribution in [3.05, 3.63) is 108 Å². The summed E-state index contributed by atoms with van der Waals surface area (Å²) in [5.74, 6) is -1.08. The van der Waals surface area contributed by atoms with Gasteiger partial charge in [0.25, 0.3) is 5.91 Å². The van der Waals surface area contributed by atoms with Crippen LogP contribution >= 0.6 is 0 Å². The Kier molecular flexibility index (Phi) is 14.1. The average Bonchev–Trinajstić information content (AvgIpc) is 3.03. The summed E-state index contributed by atoms with van der Waals surface area (Å²) in [5.41, 5.74) is 1.97. The fraction of sp³-hybridized carbons (Fsp3) is 0.364. The molecule has 0 aliphatic carbocycles. The van der Waals surface area contributed by atoms with Crippen LogP contribution in [0.1, 0.15) is 66.9 Å². The van der Waals surface area contributed by atoms with Gasteiger partial charge in [-0.1, -0.05) is 105 Å². The highest BCUT2D eigenvalue weighted by Crippen LogP contribution is 2.14. The van der Waals surface area contributed by atoms with E-state index >= 15 is 0 Å². The topological polar surface area (TPSA) is 114 Å². The second kappa shape index (κ2) is 18.3. The van der Waals surface area contributed by atoms with Gasteiger partial charge < -0.3 is 24.7 Å². The van der Waals surface area contributed by atoms with Crippen molar-refractivity contribution < 1.29 is 33.8 Å². The van der Waals surface area contributed by atoms with E-state index in [0.717, 1.165) is 35.5 Å². The summed E-state index contributed by atoms with van der Waals surface area (Å²) in [6.45, 7) is 2.47. The Balaban J connectivity index is 1.64. The van der Waals surface area contributed by atoms with Gasteiger partial charge in [0, 0.05) is 6.42 Å². The van der Waals surface area contributed by atoms with Crippen molar-refractivity contribution in [3.8, 4) is 0 Å². The zero-order chi connectivity index (χ0) is 30.0. The van der Waals surface area contributed by atoms with Crippen molar-refractivity contribution in [2.45, 2.75) is 71.0 Å². The molecule has 3 aromatic rings. The van der Waals surface area contributed by atoms with Crippen LogP contribution in [-0.4, -0.2) is 47.0 Å². The van der Waals surface area contributed by atoms with Gasteiger partial charge in [-0.15, -0.1) is 0 Å². The summed E-state index contributed by atoms with van der Waals surface area (Å²) in [6.07, 6.45) is 1.28. The average molecular weight is 577 g/mol. The molecular formula is C33H40N2O7. The van der Waals surface area contributed by atoms with Crippen LogP contribution in [0.2, 0.25) is 0 Å². The molecule has 0 bridgehead atoms. The van der Waals surface area contributed by atoms with E-state index in [1.807, 2.05) is 60.7 Å². The number of aliphatic hydroxyl groups excluding tert-OH is 1. The van der Waals surface area contributed by atoms with Gasteiger partial charge in [0.05, 0.1) is 24.8 Å². The molecular weight excluding hydrogens is 536 g/mol. The maximum absolute atomic E-state index is 13.3. The van der Waals surface area contributed by atoms with E-state index in [-0.39, 0.29) is 32.6 Å². The minimum Gasteiger partial charge on any atom is -0.445 e. The minimum atomic E-state index is -1.42. The molecule has 0 aliphatic heterocycles. The quantitative estimate of drug-likeness (QED) is 0.126. The molecule has 0 saturated heterocycles. The van der Waals surface area contributed by atoms with Crippen LogP contribution in [0.3, 0.4) is 0 Å². The SMILES string of the molecule is CCCCCCN(OC(=O)c1ccccc1)C(=O)CC[C@H](NC(=O)OCc1ccccc1)C(O)OCc1ccccc1. The molecule has 0 heterocycles. The van der Waals surface area contributed by atoms with Crippen molar-refractivity contribution in [3.63, 3.8) is 0 Å². The molecule has 3 aromatic carbocycles. The minimum absolute atomic E-state index is 0.0174. The molecule has 0 aromatic heterocycles. The third-order valence-electron chi connectivity index (χ3n) is 6.49. The smallest absolute Gasteiger partial charge is 0.407 e. The summed E-state index contributed by atoms with van der Waals surface area (Å²) in [6, 6.07) is 26.0. The standard InChI is InChI=1S/C33H40N2O7/c1-2-3-4-14-23-35(42-31(37)28-19-12-7-13-20-28)30(36)22-21-29(32(38)40-24-26-15-8-5-9-16-26)34-33(39)41-25-27-17-10-6-11-18-27/h5-13,15-20,29,32,38H,2-4,14,21-25H2,1H3,(H,34,39)/t29-,32?/m0/s1. The molecule has 42 heavy (non-hydrogen) atoms. The van der Waals surface area contributed by atoms with Crippen LogP contribution < -0.4 is 5.32 Å². The van der Waals surface area contributed by atoms with Gasteiger partial charge in [0.1, 0.15) is 6.61 Å². The molecule has 3 rings (SSSR count). The zero-order valence-corrected chi connectivity index (χ0v) is 24.0. The Labute approximate surface area is 247 Å². The predicted octanol–water partition coefficient (Wildman–Crippen LogP) is 5.78. The summed E-state index contributed by atoms with van der Waals surface area (Å²) < 4.78 is 11.0. The van der Waals surface area contributed by atoms with Crippen molar-refractivity contribution in [2.75, 3.05) is 6.54 Å². The fourth-order valence-electron chi connectivity index (χ4n) is 4.11. The zero-order valence-electron chi connectivity index (χ0n) is 24.0. The Morgan fingerprint density at radius 1 is 0.810 bits per heavy atom. The van der Waals surface area contributed by atoms with Gasteiger partial charge in [-0.2, -0.15) is 5.06 Å². The third-order valence-corrected chi connectivity index (χ3v) is 6.49. The van der Waals surface area contributed by atoms with Crippen LogP contribution in [-0.2, 0) is 32.3 Å². The van der Waals surface area contributed by atoms with E-state index in [4.69, 9.17) is 14.3 Å². The highest BCUT2D eigenvalue weighted by atomic mass is 16.7. The van der Waals surface area contributed by atoms with E-state index in [0.29, 0.717) is 12.0 Å². The lowest BCUT2D eigenvalue weighted by atomic mass is 10.1. The van der Waals surface area contributed by atoms with Crippen LogP contribution in [0.25, 0.3) is 0 Å². The van der Waals surface area contributed by atoms with Crippen LogP contribution in [0.5, 0.6) is 0 Å². The molecule has 9 heteroatoms. The number of hydroxylamine groups is 2. The number of rotatable bonds is 16. The predicted molar refractivity (Wildman–Crippen MR) is 158 cm³/mol. The molecule has 2 amide bonds. The first kappa shape index (κ1) is 32.3. The lowest BCUT2D eigenvalue weighted by Gasteiger charge is -2.26. The molecule has 2 N–H and O–H groups in total. The lowest BCUT2D eigenvalue weighted by molar-refractivity contribution is -0.169. The number of ether oxygens (including phenoxy) is 2. The number of alkyl carbamates (subject to hydrolysis) is 1. The Morgan fingerprint density at radius 3 is 2.02 bits per heavy atom. The number of benzene rings is 3. The van der Waals surface area contributed by atoms with Gasteiger partial charge in [-0.25, -0.2) is 9.59 Å². The van der Waals surface area contributed by atoms with Gasteiger partial charge in [0.15, 0.2) is 6.29 Å². The summed E-state index contributed by atoms with van der Waals surface area (Å²) in [7, 11) is 0. The van der Waals surface area contributed by atoms with E-state index in [1.54, 1.807) is 30.3 Å². The first-order valence-electron chi connectivity index (χ1n) is 14.3. The fourth-order valence-corrected chi connectivity index (χ4v) is 4.11. The largest absolute Gasteiger partial charge is 0.445 e. The number of unbranched alkanes of at least 4 members (excludes halogenated alkanes) is 3. The maximum atomic E-state index is 13.3. The van der Waals surface area contributed by atoms with E-state index in [2.05, 4.69) is 12.2 Å². The number of hydrogen-bond donors (Lipinski definition) is 2. The highest BCUT2D eigenvalue weighted by Gasteiger charge is 2.26. The number of carbonyl (C=O) groups is 3. The second-order valence-corrected chi connectivity index (χ2v) is 9.84. The van der Waals surface area contributed by atoms with Gasteiger partial charge >= 0.3 is 12.1 Å². The Morgan fingerprint density at radius 2 is 1.40 bits per heavy atom. The number of aliphatic hydroxyl groups is 1. The van der Waals surface area contributed by atoms with Gasteiger partial charge in [-0.05, 0) is 36.1 Å². The van der Waals surface area contributed by atoms with Crippen molar-refractivity contribution in [1.29, 1.82) is 0 Å². The lowest BCUT2D eigenvalue weighted by Crippen LogP contribution is -2.45. The van der Waals surface area contributed by atoms with Gasteiger partial charge in [-0.3, -0.25) is 4.79 Å². The molecule has 2 atom stereocenters. The monoisotopic (exact) mass is 576 g/mol. The van der Waals surface area contributed by atoms with Crippen molar-refractivity contribution in [1.82, 2.24) is 10.4 Å².